The Morgan fingerprint density at radius 2 is 2.13 bits per heavy atom. The predicted molar refractivity (Wildman–Crippen MR) is 56.1 cm³/mol. The van der Waals surface area contributed by atoms with E-state index < -0.39 is 15.0 Å². The van der Waals surface area contributed by atoms with Gasteiger partial charge in [-0.25, -0.2) is 13.1 Å². The first-order valence-corrected chi connectivity index (χ1v) is 6.17. The average molecular weight is 231 g/mol. The maximum atomic E-state index is 11.5. The summed E-state index contributed by atoms with van der Waals surface area (Å²) in [6.45, 7) is 3.70. The van der Waals surface area contributed by atoms with Gasteiger partial charge in [0.15, 0.2) is 0 Å². The van der Waals surface area contributed by atoms with Crippen LogP contribution in [-0.2, 0) is 16.4 Å². The molecule has 0 saturated carbocycles. The summed E-state index contributed by atoms with van der Waals surface area (Å²) in [4.78, 5) is 11.5. The van der Waals surface area contributed by atoms with Crippen molar-refractivity contribution in [1.82, 2.24) is 9.78 Å². The molecule has 0 amide bonds. The number of carbonyl (C=O) groups is 1. The summed E-state index contributed by atoms with van der Waals surface area (Å²) in [6.07, 6.45) is 1.19. The Labute approximate surface area is 88.0 Å². The van der Waals surface area contributed by atoms with Gasteiger partial charge in [-0.2, -0.15) is 5.10 Å². The Hall–Kier alpha value is -1.37. The molecule has 7 heteroatoms. The highest BCUT2D eigenvalue weighted by Crippen LogP contribution is 2.14. The molecular weight excluding hydrogens is 218 g/mol. The van der Waals surface area contributed by atoms with Crippen molar-refractivity contribution < 1.29 is 13.2 Å². The highest BCUT2D eigenvalue weighted by Gasteiger charge is 2.26. The molecule has 0 fully saturated rings. The third-order valence-corrected chi connectivity index (χ3v) is 3.61. The number of rotatable bonds is 3. The lowest BCUT2D eigenvalue weighted by Gasteiger charge is -2.01. The molecular formula is C8H13N3O3S. The number of aryl methyl sites for hydroxylation is 1. The second-order valence-corrected chi connectivity index (χ2v) is 5.13. The number of nitrogen functional groups attached to an aromatic ring is 1. The van der Waals surface area contributed by atoms with Crippen molar-refractivity contribution in [2.45, 2.75) is 20.4 Å². The first-order chi connectivity index (χ1) is 6.94. The van der Waals surface area contributed by atoms with Gasteiger partial charge in [0, 0.05) is 6.54 Å². The number of sulfone groups is 1. The van der Waals surface area contributed by atoms with Crippen LogP contribution in [0.15, 0.2) is 6.20 Å². The normalized spacial score (nSPS) is 11.6. The van der Waals surface area contributed by atoms with Gasteiger partial charge >= 0.3 is 0 Å². The van der Waals surface area contributed by atoms with Gasteiger partial charge in [0.05, 0.1) is 17.5 Å². The quantitative estimate of drug-likeness (QED) is 0.793. The SMILES string of the molecule is CCn1ncc(C(=O)S(=O)(=O)CC)c1N. The molecule has 1 aromatic heterocycles. The van der Waals surface area contributed by atoms with E-state index in [1.54, 1.807) is 6.92 Å². The summed E-state index contributed by atoms with van der Waals surface area (Å²) in [5.74, 6) is -0.137. The van der Waals surface area contributed by atoms with E-state index in [2.05, 4.69) is 5.10 Å². The van der Waals surface area contributed by atoms with Crippen LogP contribution in [0.1, 0.15) is 24.2 Å². The topological polar surface area (TPSA) is 95.0 Å². The van der Waals surface area contributed by atoms with Crippen molar-refractivity contribution >= 4 is 20.8 Å². The monoisotopic (exact) mass is 231 g/mol. The van der Waals surface area contributed by atoms with Crippen LogP contribution < -0.4 is 5.73 Å². The largest absolute Gasteiger partial charge is 0.383 e. The van der Waals surface area contributed by atoms with Crippen LogP contribution in [0.5, 0.6) is 0 Å². The van der Waals surface area contributed by atoms with Crippen molar-refractivity contribution in [2.24, 2.45) is 0 Å². The Kier molecular flexibility index (Phi) is 3.13. The molecule has 2 N–H and O–H groups in total. The fraction of sp³-hybridized carbons (Fsp3) is 0.500. The first-order valence-electron chi connectivity index (χ1n) is 4.52. The molecule has 0 saturated heterocycles. The molecule has 0 aliphatic heterocycles. The molecule has 0 unspecified atom stereocenters. The summed E-state index contributed by atoms with van der Waals surface area (Å²) < 4.78 is 24.0. The van der Waals surface area contributed by atoms with Crippen molar-refractivity contribution in [3.8, 4) is 0 Å². The summed E-state index contributed by atoms with van der Waals surface area (Å²) in [6, 6.07) is 0. The number of nitrogens with two attached hydrogens (primary N) is 1. The number of anilines is 1. The van der Waals surface area contributed by atoms with Crippen molar-refractivity contribution in [3.05, 3.63) is 11.8 Å². The average Bonchev–Trinajstić information content (AvgIpc) is 2.58. The van der Waals surface area contributed by atoms with Crippen LogP contribution in [0.3, 0.4) is 0 Å². The minimum atomic E-state index is -3.74. The van der Waals surface area contributed by atoms with E-state index in [1.165, 1.54) is 17.8 Å². The molecule has 0 spiro atoms. The molecule has 1 heterocycles. The number of aromatic nitrogens is 2. The maximum Gasteiger partial charge on any atom is 0.281 e. The van der Waals surface area contributed by atoms with Gasteiger partial charge in [-0.15, -0.1) is 0 Å². The van der Waals surface area contributed by atoms with Gasteiger partial charge in [0.1, 0.15) is 5.82 Å². The first kappa shape index (κ1) is 11.7. The van der Waals surface area contributed by atoms with Crippen LogP contribution in [0.2, 0.25) is 0 Å². The number of carbonyl (C=O) groups excluding carboxylic acids is 1. The fourth-order valence-corrected chi connectivity index (χ4v) is 1.86. The third kappa shape index (κ3) is 2.01. The number of hydrogen-bond donors (Lipinski definition) is 1. The fourth-order valence-electron chi connectivity index (χ4n) is 1.10. The minimum absolute atomic E-state index is 0.0429. The van der Waals surface area contributed by atoms with E-state index in [0.717, 1.165) is 0 Å². The van der Waals surface area contributed by atoms with E-state index >= 15 is 0 Å². The molecule has 84 valence electrons. The van der Waals surface area contributed by atoms with Gasteiger partial charge in [0.25, 0.3) is 5.12 Å². The molecule has 0 bridgehead atoms. The van der Waals surface area contributed by atoms with Gasteiger partial charge in [-0.1, -0.05) is 6.92 Å². The molecule has 1 rings (SSSR count). The van der Waals surface area contributed by atoms with Crippen molar-refractivity contribution in [2.75, 3.05) is 11.5 Å². The molecule has 15 heavy (non-hydrogen) atoms. The molecule has 0 aliphatic carbocycles. The van der Waals surface area contributed by atoms with E-state index in [-0.39, 0.29) is 17.1 Å². The molecule has 0 radical (unpaired) electrons. The highest BCUT2D eigenvalue weighted by atomic mass is 32.2. The van der Waals surface area contributed by atoms with E-state index in [1.807, 2.05) is 0 Å². The molecule has 6 nitrogen and oxygen atoms in total. The van der Waals surface area contributed by atoms with E-state index in [0.29, 0.717) is 6.54 Å². The zero-order valence-electron chi connectivity index (χ0n) is 8.60. The smallest absolute Gasteiger partial charge is 0.281 e. The lowest BCUT2D eigenvalue weighted by molar-refractivity contribution is 0.107. The van der Waals surface area contributed by atoms with E-state index in [4.69, 9.17) is 5.73 Å². The lowest BCUT2D eigenvalue weighted by Crippen LogP contribution is -2.18. The van der Waals surface area contributed by atoms with Crippen LogP contribution in [0.4, 0.5) is 5.82 Å². The summed E-state index contributed by atoms with van der Waals surface area (Å²) in [5, 5.41) is 2.85. The Balaban J connectivity index is 3.19. The second-order valence-electron chi connectivity index (χ2n) is 2.95. The second kappa shape index (κ2) is 4.01. The molecule has 0 atom stereocenters. The summed E-state index contributed by atoms with van der Waals surface area (Å²) in [5.41, 5.74) is 5.54. The number of nitrogens with zero attached hydrogens (tertiary/aromatic N) is 2. The molecule has 1 aromatic rings. The third-order valence-electron chi connectivity index (χ3n) is 2.06. The van der Waals surface area contributed by atoms with E-state index in [9.17, 15) is 13.2 Å². The van der Waals surface area contributed by atoms with Gasteiger partial charge in [-0.05, 0) is 6.92 Å². The van der Waals surface area contributed by atoms with Gasteiger partial charge < -0.3 is 5.73 Å². The Bertz CT molecular complexity index is 475. The predicted octanol–water partition coefficient (Wildman–Crippen LogP) is 0.0601. The Morgan fingerprint density at radius 1 is 1.53 bits per heavy atom. The highest BCUT2D eigenvalue weighted by molar-refractivity contribution is 8.06. The van der Waals surface area contributed by atoms with Gasteiger partial charge in [0.2, 0.25) is 9.84 Å². The number of hydrogen-bond acceptors (Lipinski definition) is 5. The van der Waals surface area contributed by atoms with Gasteiger partial charge in [-0.3, -0.25) is 4.79 Å². The van der Waals surface area contributed by atoms with Crippen molar-refractivity contribution in [1.29, 1.82) is 0 Å². The summed E-state index contributed by atoms with van der Waals surface area (Å²) >= 11 is 0. The summed E-state index contributed by atoms with van der Waals surface area (Å²) in [7, 11) is -3.74. The Morgan fingerprint density at radius 3 is 2.53 bits per heavy atom. The van der Waals surface area contributed by atoms with Crippen LogP contribution >= 0.6 is 0 Å². The van der Waals surface area contributed by atoms with Crippen molar-refractivity contribution in [3.63, 3.8) is 0 Å². The zero-order valence-corrected chi connectivity index (χ0v) is 9.41. The van der Waals surface area contributed by atoms with Crippen LogP contribution in [0.25, 0.3) is 0 Å². The molecule has 0 aromatic carbocycles. The zero-order chi connectivity index (χ0) is 11.6. The maximum absolute atomic E-state index is 11.5. The molecule has 0 aliphatic rings. The minimum Gasteiger partial charge on any atom is -0.383 e. The standard InChI is InChI=1S/C8H13N3O3S/c1-3-11-7(9)6(5-10-11)8(12)15(13,14)4-2/h5H,3-4,9H2,1-2H3. The lowest BCUT2D eigenvalue weighted by atomic mass is 10.4. The van der Waals surface area contributed by atoms with Crippen LogP contribution in [-0.4, -0.2) is 29.1 Å². The van der Waals surface area contributed by atoms with Crippen LogP contribution in [0, 0.1) is 0 Å².